The molecular weight excluding hydrogens is 344 g/mol. The number of H-pyrrole nitrogens is 1. The Kier molecular flexibility index (Phi) is 4.45. The van der Waals surface area contributed by atoms with Crippen LogP contribution < -0.4 is 0 Å². The second-order valence-corrected chi connectivity index (χ2v) is 9.10. The molecule has 0 fully saturated rings. The Labute approximate surface area is 167 Å². The summed E-state index contributed by atoms with van der Waals surface area (Å²) in [5.74, 6) is 0.690. The van der Waals surface area contributed by atoms with E-state index in [1.54, 1.807) is 0 Å². The van der Waals surface area contributed by atoms with Gasteiger partial charge in [-0.2, -0.15) is 0 Å². The predicted molar refractivity (Wildman–Crippen MR) is 115 cm³/mol. The molecule has 4 heteroatoms. The van der Waals surface area contributed by atoms with Gasteiger partial charge in [-0.25, -0.2) is 5.10 Å². The number of nitrogens with zero attached hydrogens (tertiary/aromatic N) is 3. The molecule has 0 saturated heterocycles. The predicted octanol–water partition coefficient (Wildman–Crippen LogP) is 5.78. The van der Waals surface area contributed by atoms with Crippen LogP contribution >= 0.6 is 0 Å². The third-order valence-corrected chi connectivity index (χ3v) is 5.98. The number of fused-ring (bicyclic) bond motifs is 1. The second kappa shape index (κ2) is 6.69. The molecule has 0 saturated carbocycles. The highest BCUT2D eigenvalue weighted by atomic mass is 15.5. The van der Waals surface area contributed by atoms with Gasteiger partial charge in [0, 0.05) is 5.56 Å². The van der Waals surface area contributed by atoms with Crippen LogP contribution in [-0.4, -0.2) is 20.6 Å². The molecule has 1 heterocycles. The first-order valence-corrected chi connectivity index (χ1v) is 10.0. The molecule has 1 N–H and O–H groups in total. The monoisotopic (exact) mass is 372 g/mol. The lowest BCUT2D eigenvalue weighted by molar-refractivity contribution is 0.403. The van der Waals surface area contributed by atoms with E-state index in [1.807, 2.05) is 0 Å². The summed E-state index contributed by atoms with van der Waals surface area (Å²) < 4.78 is 0. The molecule has 1 aromatic heterocycles. The number of benzene rings is 2. The van der Waals surface area contributed by atoms with Gasteiger partial charge in [0.25, 0.3) is 0 Å². The van der Waals surface area contributed by atoms with E-state index in [0.29, 0.717) is 5.82 Å². The first-order chi connectivity index (χ1) is 13.3. The molecule has 0 spiro atoms. The van der Waals surface area contributed by atoms with Gasteiger partial charge in [0.2, 0.25) is 0 Å². The molecule has 0 bridgehead atoms. The average Bonchev–Trinajstić information content (AvgIpc) is 3.25. The number of hydrogen-bond acceptors (Lipinski definition) is 3. The topological polar surface area (TPSA) is 54.5 Å². The summed E-state index contributed by atoms with van der Waals surface area (Å²) in [6, 6.07) is 15.4. The van der Waals surface area contributed by atoms with E-state index >= 15 is 0 Å². The van der Waals surface area contributed by atoms with Crippen LogP contribution in [0.2, 0.25) is 0 Å². The van der Waals surface area contributed by atoms with E-state index in [1.165, 1.54) is 34.2 Å². The molecular formula is C24H28N4. The first kappa shape index (κ1) is 18.6. The highest BCUT2D eigenvalue weighted by Gasteiger charge is 2.41. The van der Waals surface area contributed by atoms with Gasteiger partial charge in [0.05, 0.1) is 0 Å². The summed E-state index contributed by atoms with van der Waals surface area (Å²) in [6.07, 6.45) is 4.48. The Morgan fingerprint density at radius 2 is 1.71 bits per heavy atom. The maximum Gasteiger partial charge on any atom is 0.179 e. The van der Waals surface area contributed by atoms with Gasteiger partial charge < -0.3 is 0 Å². The Bertz CT molecular complexity index is 1010. The van der Waals surface area contributed by atoms with Crippen molar-refractivity contribution in [2.24, 2.45) is 0 Å². The van der Waals surface area contributed by atoms with Gasteiger partial charge in [-0.1, -0.05) is 83.2 Å². The number of tetrazole rings is 1. The summed E-state index contributed by atoms with van der Waals surface area (Å²) in [7, 11) is 0. The number of nitrogens with one attached hydrogen (secondary N) is 1. The SMILES string of the molecule is CC/C(=C\c1ccc(-c2nnn[nH]2)cc1)c1ccc2c(c1)C(C)(C)CC2(C)C. The van der Waals surface area contributed by atoms with Gasteiger partial charge in [0.1, 0.15) is 0 Å². The summed E-state index contributed by atoms with van der Waals surface area (Å²) in [5.41, 5.74) is 8.34. The van der Waals surface area contributed by atoms with Crippen molar-refractivity contribution < 1.29 is 0 Å². The molecule has 3 aromatic rings. The minimum absolute atomic E-state index is 0.223. The Morgan fingerprint density at radius 1 is 1.00 bits per heavy atom. The van der Waals surface area contributed by atoms with Gasteiger partial charge in [-0.05, 0) is 61.9 Å². The lowest BCUT2D eigenvalue weighted by Crippen LogP contribution is -2.17. The van der Waals surface area contributed by atoms with Crippen LogP contribution in [-0.2, 0) is 10.8 Å². The van der Waals surface area contributed by atoms with E-state index in [4.69, 9.17) is 0 Å². The van der Waals surface area contributed by atoms with Crippen LogP contribution in [0.15, 0.2) is 42.5 Å². The van der Waals surface area contributed by atoms with Crippen molar-refractivity contribution in [2.45, 2.75) is 58.3 Å². The molecule has 28 heavy (non-hydrogen) atoms. The molecule has 0 atom stereocenters. The minimum atomic E-state index is 0.223. The van der Waals surface area contributed by atoms with Gasteiger partial charge in [-0.3, -0.25) is 0 Å². The standard InChI is InChI=1S/C24H28N4/c1-6-17(13-16-7-9-18(10-8-16)22-25-27-28-26-22)19-11-12-20-21(14-19)24(4,5)15-23(20,2)3/h7-14H,6,15H2,1-5H3,(H,25,26,27,28)/b17-13+. The molecule has 0 amide bonds. The molecule has 144 valence electrons. The first-order valence-electron chi connectivity index (χ1n) is 10.0. The Balaban J connectivity index is 1.68. The van der Waals surface area contributed by atoms with Gasteiger partial charge in [-0.15, -0.1) is 5.10 Å². The van der Waals surface area contributed by atoms with Crippen molar-refractivity contribution in [1.82, 2.24) is 20.6 Å². The second-order valence-electron chi connectivity index (χ2n) is 9.10. The minimum Gasteiger partial charge on any atom is -0.239 e. The molecule has 0 unspecified atom stereocenters. The zero-order valence-electron chi connectivity index (χ0n) is 17.4. The van der Waals surface area contributed by atoms with E-state index in [-0.39, 0.29) is 10.8 Å². The number of aromatic nitrogens is 4. The van der Waals surface area contributed by atoms with Crippen molar-refractivity contribution in [3.05, 3.63) is 64.7 Å². The summed E-state index contributed by atoms with van der Waals surface area (Å²) >= 11 is 0. The summed E-state index contributed by atoms with van der Waals surface area (Å²) in [5, 5.41) is 14.0. The fraction of sp³-hybridized carbons (Fsp3) is 0.375. The van der Waals surface area contributed by atoms with E-state index < -0.39 is 0 Å². The normalized spacial score (nSPS) is 17.5. The zero-order valence-corrected chi connectivity index (χ0v) is 17.4. The van der Waals surface area contributed by atoms with Crippen molar-refractivity contribution in [3.63, 3.8) is 0 Å². The molecule has 4 nitrogen and oxygen atoms in total. The molecule has 2 aromatic carbocycles. The summed E-state index contributed by atoms with van der Waals surface area (Å²) in [6.45, 7) is 11.7. The summed E-state index contributed by atoms with van der Waals surface area (Å²) in [4.78, 5) is 0. The van der Waals surface area contributed by atoms with Crippen LogP contribution in [0, 0.1) is 0 Å². The van der Waals surface area contributed by atoms with Crippen molar-refractivity contribution >= 4 is 11.6 Å². The lowest BCUT2D eigenvalue weighted by Gasteiger charge is -2.22. The van der Waals surface area contributed by atoms with Crippen molar-refractivity contribution in [3.8, 4) is 11.4 Å². The van der Waals surface area contributed by atoms with Crippen LogP contribution in [0.5, 0.6) is 0 Å². The highest BCUT2D eigenvalue weighted by molar-refractivity contribution is 5.82. The molecule has 1 aliphatic rings. The smallest absolute Gasteiger partial charge is 0.179 e. The fourth-order valence-corrected chi connectivity index (χ4v) is 4.80. The number of aromatic amines is 1. The number of allylic oxidation sites excluding steroid dienone is 1. The molecule has 1 aliphatic carbocycles. The number of rotatable bonds is 4. The maximum absolute atomic E-state index is 3.97. The third kappa shape index (κ3) is 3.28. The van der Waals surface area contributed by atoms with Crippen molar-refractivity contribution in [1.29, 1.82) is 0 Å². The number of hydrogen-bond donors (Lipinski definition) is 1. The van der Waals surface area contributed by atoms with E-state index in [9.17, 15) is 0 Å². The Morgan fingerprint density at radius 3 is 2.36 bits per heavy atom. The molecule has 0 aliphatic heterocycles. The highest BCUT2D eigenvalue weighted by Crippen LogP contribution is 2.49. The van der Waals surface area contributed by atoms with Gasteiger partial charge >= 0.3 is 0 Å². The maximum atomic E-state index is 3.97. The van der Waals surface area contributed by atoms with E-state index in [2.05, 4.69) is 104 Å². The van der Waals surface area contributed by atoms with Crippen LogP contribution in [0.3, 0.4) is 0 Å². The zero-order chi connectivity index (χ0) is 19.9. The molecule has 0 radical (unpaired) electrons. The van der Waals surface area contributed by atoms with E-state index in [0.717, 1.165) is 12.0 Å². The molecule has 4 rings (SSSR count). The lowest BCUT2D eigenvalue weighted by atomic mass is 9.82. The van der Waals surface area contributed by atoms with Crippen LogP contribution in [0.1, 0.15) is 69.7 Å². The fourth-order valence-electron chi connectivity index (χ4n) is 4.80. The third-order valence-electron chi connectivity index (χ3n) is 5.98. The van der Waals surface area contributed by atoms with Crippen LogP contribution in [0.25, 0.3) is 23.0 Å². The van der Waals surface area contributed by atoms with Gasteiger partial charge in [0.15, 0.2) is 5.82 Å². The quantitative estimate of drug-likeness (QED) is 0.591. The van der Waals surface area contributed by atoms with Crippen molar-refractivity contribution in [2.75, 3.05) is 0 Å². The average molecular weight is 373 g/mol. The van der Waals surface area contributed by atoms with Crippen LogP contribution in [0.4, 0.5) is 0 Å². The largest absolute Gasteiger partial charge is 0.239 e. The Hall–Kier alpha value is -2.75.